The summed E-state index contributed by atoms with van der Waals surface area (Å²) >= 11 is 0. The van der Waals surface area contributed by atoms with Crippen LogP contribution in [0.2, 0.25) is 0 Å². The lowest BCUT2D eigenvalue weighted by Crippen LogP contribution is -2.74. The maximum absolute atomic E-state index is 3.56. The van der Waals surface area contributed by atoms with Crippen LogP contribution in [0.5, 0.6) is 0 Å². The molecule has 0 aliphatic carbocycles. The van der Waals surface area contributed by atoms with Crippen LogP contribution in [0.25, 0.3) is 0 Å². The Morgan fingerprint density at radius 2 is 1.00 bits per heavy atom. The number of hydrogen-bond donors (Lipinski definition) is 1. The Balaban J connectivity index is 0.000000202. The van der Waals surface area contributed by atoms with Crippen LogP contribution in [0.15, 0.2) is 121 Å². The fourth-order valence-electron chi connectivity index (χ4n) is 6.15. The Hall–Kier alpha value is -3.43. The Bertz CT molecular complexity index is 1060. The molecule has 0 bridgehead atoms. The van der Waals surface area contributed by atoms with Crippen LogP contribution >= 0.6 is 0 Å². The van der Waals surface area contributed by atoms with Crippen molar-refractivity contribution in [3.05, 3.63) is 121 Å². The molecule has 0 saturated carbocycles. The van der Waals surface area contributed by atoms with Crippen LogP contribution in [0.3, 0.4) is 0 Å². The van der Waals surface area contributed by atoms with Crippen LogP contribution in [0.1, 0.15) is 32.1 Å². The Morgan fingerprint density at radius 1 is 0.556 bits per heavy atom. The van der Waals surface area contributed by atoms with Gasteiger partial charge in [0.05, 0.1) is 0 Å². The molecule has 2 aliphatic rings. The van der Waals surface area contributed by atoms with Crippen molar-refractivity contribution in [1.29, 1.82) is 0 Å². The van der Waals surface area contributed by atoms with E-state index in [4.69, 9.17) is 0 Å². The second-order valence-electron chi connectivity index (χ2n) is 10.0. The number of nitrogens with one attached hydrogen (secondary N) is 1. The molecule has 0 radical (unpaired) electrons. The first-order chi connectivity index (χ1) is 17.9. The van der Waals surface area contributed by atoms with Gasteiger partial charge in [0, 0.05) is 25.8 Å². The molecule has 2 nitrogen and oxygen atoms in total. The summed E-state index contributed by atoms with van der Waals surface area (Å²) in [6.45, 7) is 2.49. The molecule has 0 amide bonds. The van der Waals surface area contributed by atoms with Crippen molar-refractivity contribution < 1.29 is 4.58 Å². The smallest absolute Gasteiger partial charge is 0.206 e. The minimum atomic E-state index is -1.22. The van der Waals surface area contributed by atoms with E-state index in [-0.39, 0.29) is 0 Å². The van der Waals surface area contributed by atoms with E-state index in [1.165, 1.54) is 67.0 Å². The molecular weight excluding hydrogens is 435 g/mol. The van der Waals surface area contributed by atoms with Crippen LogP contribution in [0, 0.1) is 0 Å². The zero-order valence-electron chi connectivity index (χ0n) is 21.2. The highest BCUT2D eigenvalue weighted by molar-refractivity contribution is 7.19. The summed E-state index contributed by atoms with van der Waals surface area (Å²) in [5, 5.41) is 3.56. The molecule has 0 spiro atoms. The normalized spacial score (nSPS) is 17.6. The fourth-order valence-corrected chi connectivity index (χ4v) is 6.15. The highest BCUT2D eigenvalue weighted by Crippen LogP contribution is 2.11. The lowest BCUT2D eigenvalue weighted by molar-refractivity contribution is -0.578. The average molecular weight is 472 g/mol. The van der Waals surface area contributed by atoms with Crippen molar-refractivity contribution in [1.82, 2.24) is 5.32 Å². The molecule has 1 atom stereocenters. The number of benzene rings is 4. The van der Waals surface area contributed by atoms with Crippen LogP contribution in [-0.2, 0) is 0 Å². The first-order valence-electron chi connectivity index (χ1n) is 13.6. The molecular formula is C33H37BN2. The zero-order valence-corrected chi connectivity index (χ0v) is 21.2. The maximum atomic E-state index is 3.56. The number of fused-ring (bicyclic) bond motifs is 1. The second kappa shape index (κ2) is 12.0. The fraction of sp³-hybridized carbons (Fsp3) is 0.242. The van der Waals surface area contributed by atoms with E-state index in [0.717, 1.165) is 0 Å². The minimum Gasteiger partial charge on any atom is -0.259 e. The van der Waals surface area contributed by atoms with Crippen LogP contribution in [-0.4, -0.2) is 36.2 Å². The minimum absolute atomic E-state index is 0.672. The third-order valence-electron chi connectivity index (χ3n) is 7.87. The molecule has 6 rings (SSSR count). The van der Waals surface area contributed by atoms with Gasteiger partial charge in [0.25, 0.3) is 0 Å². The molecule has 182 valence electrons. The van der Waals surface area contributed by atoms with E-state index < -0.39 is 6.15 Å². The summed E-state index contributed by atoms with van der Waals surface area (Å²) in [6.07, 6.45) is 8.57. The standard InChI is InChI=1S/C24H20B.C9H17N2/c1-5-13-21(14-6-1)25(22-15-7-2-8-16-22,23-17-9-3-10-18-23)24-19-11-4-12-20-24;1-2-5-9-10-6-4-8-11(9)7-3-1/h1-20H;7,9-10H,1-6,8H2/q-1;+1. The molecule has 36 heavy (non-hydrogen) atoms. The Labute approximate surface area is 216 Å². The van der Waals surface area contributed by atoms with Crippen molar-refractivity contribution in [2.75, 3.05) is 13.1 Å². The number of hydrogen-bond acceptors (Lipinski definition) is 1. The predicted molar refractivity (Wildman–Crippen MR) is 156 cm³/mol. The van der Waals surface area contributed by atoms with Gasteiger partial charge in [0.15, 0.2) is 0 Å². The largest absolute Gasteiger partial charge is 0.259 e. The third-order valence-corrected chi connectivity index (χ3v) is 7.87. The van der Waals surface area contributed by atoms with Gasteiger partial charge in [-0.3, -0.25) is 5.32 Å². The summed E-state index contributed by atoms with van der Waals surface area (Å²) in [5.41, 5.74) is 5.36. The SMILES string of the molecule is C1=[N+]2CCCNC2CCCC1.c1ccc([B-](c2ccccc2)(c2ccccc2)c2ccccc2)cc1. The Kier molecular flexibility index (Phi) is 8.10. The first-order valence-corrected chi connectivity index (χ1v) is 13.6. The molecule has 1 N–H and O–H groups in total. The van der Waals surface area contributed by atoms with Crippen molar-refractivity contribution in [3.63, 3.8) is 0 Å². The summed E-state index contributed by atoms with van der Waals surface area (Å²) in [7, 11) is 0. The predicted octanol–water partition coefficient (Wildman–Crippen LogP) is 4.03. The summed E-state index contributed by atoms with van der Waals surface area (Å²) < 4.78 is 2.50. The molecule has 1 fully saturated rings. The molecule has 3 heteroatoms. The second-order valence-corrected chi connectivity index (χ2v) is 10.0. The van der Waals surface area contributed by atoms with E-state index in [1.54, 1.807) is 0 Å². The van der Waals surface area contributed by atoms with Crippen molar-refractivity contribution in [3.8, 4) is 0 Å². The molecule has 4 aromatic carbocycles. The summed E-state index contributed by atoms with van der Waals surface area (Å²) in [6, 6.07) is 43.5. The highest BCUT2D eigenvalue weighted by atomic mass is 15.2. The van der Waals surface area contributed by atoms with E-state index in [9.17, 15) is 0 Å². The van der Waals surface area contributed by atoms with Crippen LogP contribution in [0.4, 0.5) is 0 Å². The van der Waals surface area contributed by atoms with Gasteiger partial charge >= 0.3 is 0 Å². The molecule has 2 heterocycles. The first kappa shape index (κ1) is 24.3. The lowest BCUT2D eigenvalue weighted by atomic mass is 9.13. The van der Waals surface area contributed by atoms with Crippen molar-refractivity contribution in [2.45, 2.75) is 38.3 Å². The molecule has 2 aliphatic heterocycles. The molecule has 4 aromatic rings. The average Bonchev–Trinajstić information content (AvgIpc) is 3.22. The van der Waals surface area contributed by atoms with E-state index in [1.807, 2.05) is 0 Å². The molecule has 0 aromatic heterocycles. The Morgan fingerprint density at radius 3 is 1.44 bits per heavy atom. The van der Waals surface area contributed by atoms with Gasteiger partial charge in [0.2, 0.25) is 6.17 Å². The quantitative estimate of drug-likeness (QED) is 0.350. The highest BCUT2D eigenvalue weighted by Gasteiger charge is 2.31. The van der Waals surface area contributed by atoms with Crippen molar-refractivity contribution in [2.24, 2.45) is 0 Å². The van der Waals surface area contributed by atoms with E-state index in [2.05, 4.69) is 137 Å². The maximum Gasteiger partial charge on any atom is 0.206 e. The number of rotatable bonds is 4. The molecule has 1 unspecified atom stereocenters. The zero-order chi connectivity index (χ0) is 24.5. The summed E-state index contributed by atoms with van der Waals surface area (Å²) in [5.74, 6) is 0. The monoisotopic (exact) mass is 472 g/mol. The van der Waals surface area contributed by atoms with Crippen molar-refractivity contribution >= 4 is 34.2 Å². The van der Waals surface area contributed by atoms with Gasteiger partial charge in [-0.25, -0.2) is 4.58 Å². The van der Waals surface area contributed by atoms with Gasteiger partial charge in [-0.1, -0.05) is 121 Å². The molecule has 1 saturated heterocycles. The van der Waals surface area contributed by atoms with Gasteiger partial charge < -0.3 is 0 Å². The van der Waals surface area contributed by atoms with Gasteiger partial charge in [-0.05, 0) is 12.8 Å². The van der Waals surface area contributed by atoms with Gasteiger partial charge in [-0.15, -0.1) is 0 Å². The number of nitrogens with zero attached hydrogens (tertiary/aromatic N) is 1. The van der Waals surface area contributed by atoms with E-state index >= 15 is 0 Å². The van der Waals surface area contributed by atoms with Gasteiger partial charge in [0.1, 0.15) is 18.9 Å². The summed E-state index contributed by atoms with van der Waals surface area (Å²) in [4.78, 5) is 0. The lowest BCUT2D eigenvalue weighted by Gasteiger charge is -2.44. The third kappa shape index (κ3) is 5.22. The topological polar surface area (TPSA) is 15.0 Å². The van der Waals surface area contributed by atoms with Crippen LogP contribution < -0.4 is 27.2 Å². The van der Waals surface area contributed by atoms with E-state index in [0.29, 0.717) is 6.17 Å². The van der Waals surface area contributed by atoms with Gasteiger partial charge in [-0.2, -0.15) is 21.9 Å².